The van der Waals surface area contributed by atoms with Gasteiger partial charge in [0.1, 0.15) is 0 Å². The van der Waals surface area contributed by atoms with Gasteiger partial charge in [-0.3, -0.25) is 0 Å². The Morgan fingerprint density at radius 3 is 3.13 bits per heavy atom. The first-order valence-corrected chi connectivity index (χ1v) is 6.89. The van der Waals surface area contributed by atoms with E-state index in [-0.39, 0.29) is 0 Å². The SMILES string of the molecule is c1csc(-c2csc(C3CCNC3)n2)c1. The molecule has 0 saturated carbocycles. The third kappa shape index (κ3) is 1.85. The molecule has 1 unspecified atom stereocenters. The molecule has 1 aliphatic rings. The summed E-state index contributed by atoms with van der Waals surface area (Å²) in [6, 6.07) is 4.21. The minimum absolute atomic E-state index is 0.642. The Bertz CT molecular complexity index is 427. The molecule has 3 rings (SSSR count). The Kier molecular flexibility index (Phi) is 2.56. The highest BCUT2D eigenvalue weighted by Gasteiger charge is 2.20. The summed E-state index contributed by atoms with van der Waals surface area (Å²) in [6.45, 7) is 2.23. The number of rotatable bonds is 2. The highest BCUT2D eigenvalue weighted by Crippen LogP contribution is 2.31. The van der Waals surface area contributed by atoms with Gasteiger partial charge in [0, 0.05) is 17.8 Å². The molecule has 2 aromatic heterocycles. The van der Waals surface area contributed by atoms with Crippen molar-refractivity contribution in [3.8, 4) is 10.6 Å². The van der Waals surface area contributed by atoms with E-state index in [0.717, 1.165) is 18.8 Å². The van der Waals surface area contributed by atoms with Crippen LogP contribution in [0.3, 0.4) is 0 Å². The van der Waals surface area contributed by atoms with Crippen molar-refractivity contribution in [3.63, 3.8) is 0 Å². The molecule has 1 atom stereocenters. The molecule has 78 valence electrons. The van der Waals surface area contributed by atoms with Crippen LogP contribution in [0.5, 0.6) is 0 Å². The monoisotopic (exact) mass is 236 g/mol. The van der Waals surface area contributed by atoms with Crippen LogP contribution in [0.25, 0.3) is 10.6 Å². The fourth-order valence-corrected chi connectivity index (χ4v) is 3.60. The number of hydrogen-bond acceptors (Lipinski definition) is 4. The molecule has 15 heavy (non-hydrogen) atoms. The van der Waals surface area contributed by atoms with Crippen LogP contribution in [0.4, 0.5) is 0 Å². The lowest BCUT2D eigenvalue weighted by atomic mass is 10.1. The number of thiophene rings is 1. The van der Waals surface area contributed by atoms with Crippen molar-refractivity contribution in [1.82, 2.24) is 10.3 Å². The molecule has 0 radical (unpaired) electrons. The standard InChI is InChI=1S/C11H12N2S2/c1-2-10(14-5-1)9-7-15-11(13-9)8-3-4-12-6-8/h1-2,5,7-8,12H,3-4,6H2. The summed E-state index contributed by atoms with van der Waals surface area (Å²) in [5.74, 6) is 0.642. The molecular weight excluding hydrogens is 224 g/mol. The van der Waals surface area contributed by atoms with E-state index in [1.807, 2.05) is 0 Å². The molecule has 2 nitrogen and oxygen atoms in total. The number of hydrogen-bond donors (Lipinski definition) is 1. The van der Waals surface area contributed by atoms with Gasteiger partial charge in [0.25, 0.3) is 0 Å². The van der Waals surface area contributed by atoms with Crippen LogP contribution in [0.1, 0.15) is 17.3 Å². The van der Waals surface area contributed by atoms with Gasteiger partial charge in [-0.05, 0) is 24.4 Å². The molecule has 1 fully saturated rings. The van der Waals surface area contributed by atoms with E-state index in [4.69, 9.17) is 4.98 Å². The molecule has 0 aromatic carbocycles. The highest BCUT2D eigenvalue weighted by molar-refractivity contribution is 7.14. The normalized spacial score (nSPS) is 20.9. The zero-order valence-electron chi connectivity index (χ0n) is 8.27. The van der Waals surface area contributed by atoms with Gasteiger partial charge in [-0.15, -0.1) is 22.7 Å². The number of nitrogens with zero attached hydrogens (tertiary/aromatic N) is 1. The van der Waals surface area contributed by atoms with Crippen LogP contribution in [0.2, 0.25) is 0 Å². The highest BCUT2D eigenvalue weighted by atomic mass is 32.1. The topological polar surface area (TPSA) is 24.9 Å². The molecule has 0 aliphatic carbocycles. The van der Waals surface area contributed by atoms with Crippen molar-refractivity contribution >= 4 is 22.7 Å². The predicted octanol–water partition coefficient (Wildman–Crippen LogP) is 2.95. The smallest absolute Gasteiger partial charge is 0.0977 e. The third-order valence-electron chi connectivity index (χ3n) is 2.71. The summed E-state index contributed by atoms with van der Waals surface area (Å²) in [6.07, 6.45) is 1.23. The van der Waals surface area contributed by atoms with Crippen molar-refractivity contribution in [3.05, 3.63) is 27.9 Å². The van der Waals surface area contributed by atoms with Crippen molar-refractivity contribution in [2.45, 2.75) is 12.3 Å². The third-order valence-corrected chi connectivity index (χ3v) is 4.60. The quantitative estimate of drug-likeness (QED) is 0.867. The van der Waals surface area contributed by atoms with Crippen molar-refractivity contribution in [2.75, 3.05) is 13.1 Å². The molecule has 0 bridgehead atoms. The van der Waals surface area contributed by atoms with Gasteiger partial charge in [0.2, 0.25) is 0 Å². The summed E-state index contributed by atoms with van der Waals surface area (Å²) < 4.78 is 0. The van der Waals surface area contributed by atoms with E-state index in [2.05, 4.69) is 28.2 Å². The first-order valence-electron chi connectivity index (χ1n) is 5.13. The number of nitrogens with one attached hydrogen (secondary N) is 1. The lowest BCUT2D eigenvalue weighted by Gasteiger charge is -2.01. The van der Waals surface area contributed by atoms with E-state index in [1.54, 1.807) is 22.7 Å². The van der Waals surface area contributed by atoms with E-state index in [0.29, 0.717) is 5.92 Å². The summed E-state index contributed by atoms with van der Waals surface area (Å²) in [5.41, 5.74) is 1.15. The molecule has 1 N–H and O–H groups in total. The molecule has 4 heteroatoms. The number of thiazole rings is 1. The summed E-state index contributed by atoms with van der Waals surface area (Å²) in [7, 11) is 0. The zero-order chi connectivity index (χ0) is 10.1. The molecular formula is C11H12N2S2. The van der Waals surface area contributed by atoms with Crippen LogP contribution in [-0.4, -0.2) is 18.1 Å². The summed E-state index contributed by atoms with van der Waals surface area (Å²) in [5, 5.41) is 8.96. The lowest BCUT2D eigenvalue weighted by molar-refractivity contribution is 0.756. The minimum Gasteiger partial charge on any atom is -0.316 e. The van der Waals surface area contributed by atoms with Crippen molar-refractivity contribution in [1.29, 1.82) is 0 Å². The van der Waals surface area contributed by atoms with Crippen LogP contribution in [0, 0.1) is 0 Å². The molecule has 1 aliphatic heterocycles. The van der Waals surface area contributed by atoms with Gasteiger partial charge < -0.3 is 5.32 Å². The molecule has 2 aromatic rings. The van der Waals surface area contributed by atoms with E-state index in [9.17, 15) is 0 Å². The van der Waals surface area contributed by atoms with Gasteiger partial charge in [-0.1, -0.05) is 6.07 Å². The Labute approximate surface area is 97.0 Å². The lowest BCUT2D eigenvalue weighted by Crippen LogP contribution is -2.07. The fraction of sp³-hybridized carbons (Fsp3) is 0.364. The maximum absolute atomic E-state index is 4.72. The van der Waals surface area contributed by atoms with Gasteiger partial charge >= 0.3 is 0 Å². The Hall–Kier alpha value is -0.710. The van der Waals surface area contributed by atoms with Crippen LogP contribution in [0.15, 0.2) is 22.9 Å². The Balaban J connectivity index is 1.87. The number of aromatic nitrogens is 1. The Morgan fingerprint density at radius 2 is 2.40 bits per heavy atom. The van der Waals surface area contributed by atoms with Crippen molar-refractivity contribution < 1.29 is 0 Å². The second-order valence-electron chi connectivity index (χ2n) is 3.74. The van der Waals surface area contributed by atoms with Crippen molar-refractivity contribution in [2.24, 2.45) is 0 Å². The van der Waals surface area contributed by atoms with Crippen LogP contribution in [-0.2, 0) is 0 Å². The average molecular weight is 236 g/mol. The summed E-state index contributed by atoms with van der Waals surface area (Å²) >= 11 is 3.56. The van der Waals surface area contributed by atoms with E-state index < -0.39 is 0 Å². The average Bonchev–Trinajstić information content (AvgIpc) is 3.02. The van der Waals surface area contributed by atoms with Gasteiger partial charge in [-0.2, -0.15) is 0 Å². The first kappa shape index (κ1) is 9.51. The minimum atomic E-state index is 0.642. The molecule has 1 saturated heterocycles. The van der Waals surface area contributed by atoms with E-state index in [1.165, 1.54) is 16.3 Å². The fourth-order valence-electron chi connectivity index (χ4n) is 1.88. The maximum Gasteiger partial charge on any atom is 0.0977 e. The maximum atomic E-state index is 4.72. The largest absolute Gasteiger partial charge is 0.316 e. The van der Waals surface area contributed by atoms with E-state index >= 15 is 0 Å². The second kappa shape index (κ2) is 4.04. The molecule has 0 amide bonds. The van der Waals surface area contributed by atoms with Crippen LogP contribution < -0.4 is 5.32 Å². The first-order chi connectivity index (χ1) is 7.43. The zero-order valence-corrected chi connectivity index (χ0v) is 9.90. The second-order valence-corrected chi connectivity index (χ2v) is 5.58. The molecule has 3 heterocycles. The van der Waals surface area contributed by atoms with Gasteiger partial charge in [0.15, 0.2) is 0 Å². The molecule has 0 spiro atoms. The summed E-state index contributed by atoms with van der Waals surface area (Å²) in [4.78, 5) is 6.00. The Morgan fingerprint density at radius 1 is 1.40 bits per heavy atom. The predicted molar refractivity (Wildman–Crippen MR) is 65.7 cm³/mol. The van der Waals surface area contributed by atoms with Gasteiger partial charge in [-0.25, -0.2) is 4.98 Å². The van der Waals surface area contributed by atoms with Crippen LogP contribution >= 0.6 is 22.7 Å². The van der Waals surface area contributed by atoms with Gasteiger partial charge in [0.05, 0.1) is 15.6 Å².